The zero-order valence-corrected chi connectivity index (χ0v) is 20.4. The molecule has 0 fully saturated rings. The Morgan fingerprint density at radius 2 is 2.09 bits per heavy atom. The summed E-state index contributed by atoms with van der Waals surface area (Å²) in [4.78, 5) is 35.6. The number of hydrogen-bond acceptors (Lipinski definition) is 9. The van der Waals surface area contributed by atoms with Crippen LogP contribution in [0.3, 0.4) is 0 Å². The first-order valence-corrected chi connectivity index (χ1v) is 11.4. The molecular weight excluding hydrogens is 452 g/mol. The van der Waals surface area contributed by atoms with E-state index in [0.29, 0.717) is 24.3 Å². The van der Waals surface area contributed by atoms with Gasteiger partial charge in [0.1, 0.15) is 11.6 Å². The molecule has 1 aromatic carbocycles. The van der Waals surface area contributed by atoms with Crippen LogP contribution in [0.25, 0.3) is 0 Å². The Labute approximate surface area is 204 Å². The number of carbonyl (C=O) groups is 2. The van der Waals surface area contributed by atoms with Crippen LogP contribution in [-0.4, -0.2) is 35.5 Å². The summed E-state index contributed by atoms with van der Waals surface area (Å²) in [7, 11) is 1.17. The number of Topliss-reactive ketones (excluding diaryl/α,β-unsaturated/α-hetero) is 1. The molecule has 0 amide bonds. The van der Waals surface area contributed by atoms with Gasteiger partial charge in [0.2, 0.25) is 0 Å². The minimum Gasteiger partial charge on any atom is -0.465 e. The summed E-state index contributed by atoms with van der Waals surface area (Å²) < 4.78 is 4.61. The third-order valence-electron chi connectivity index (χ3n) is 5.85. The van der Waals surface area contributed by atoms with E-state index < -0.39 is 16.6 Å². The summed E-state index contributed by atoms with van der Waals surface area (Å²) in [6, 6.07) is 5.66. The minimum atomic E-state index is -0.729. The Hall–Kier alpha value is -3.71. The van der Waals surface area contributed by atoms with Gasteiger partial charge in [-0.25, -0.2) is 4.79 Å². The number of rotatable bonds is 8. The van der Waals surface area contributed by atoms with Crippen LogP contribution < -0.4 is 0 Å². The van der Waals surface area contributed by atoms with Gasteiger partial charge in [-0.2, -0.15) is 10.4 Å². The van der Waals surface area contributed by atoms with Crippen LogP contribution in [-0.2, 0) is 9.53 Å². The highest BCUT2D eigenvalue weighted by molar-refractivity contribution is 6.00. The molecule has 10 heteroatoms. The molecule has 1 atom stereocenters. The number of nitro groups is 1. The van der Waals surface area contributed by atoms with Gasteiger partial charge in [0.05, 0.1) is 23.3 Å². The van der Waals surface area contributed by atoms with Gasteiger partial charge in [0, 0.05) is 19.1 Å². The number of aliphatic hydroxyl groups excluding tert-OH is 1. The lowest BCUT2D eigenvalue weighted by atomic mass is 9.86. The van der Waals surface area contributed by atoms with E-state index in [1.807, 2.05) is 6.07 Å². The summed E-state index contributed by atoms with van der Waals surface area (Å²) in [5, 5.41) is 39.3. The SMILES string of the molecule is COC(=O)c1ccc(N=NC2=C(\CCO)CCC(CC(C)C)CC(=O)/C(C#N)=C\2C)c([N+](=O)[O-])c1. The highest BCUT2D eigenvalue weighted by Crippen LogP contribution is 2.35. The summed E-state index contributed by atoms with van der Waals surface area (Å²) in [5.41, 5.74) is 0.724. The Morgan fingerprint density at radius 1 is 1.37 bits per heavy atom. The van der Waals surface area contributed by atoms with Crippen LogP contribution in [0.15, 0.2) is 50.8 Å². The lowest BCUT2D eigenvalue weighted by Gasteiger charge is -2.18. The lowest BCUT2D eigenvalue weighted by molar-refractivity contribution is -0.384. The average molecular weight is 483 g/mol. The van der Waals surface area contributed by atoms with E-state index in [1.165, 1.54) is 19.2 Å². The number of allylic oxidation sites excluding steroid dienone is 2. The van der Waals surface area contributed by atoms with Gasteiger partial charge in [-0.1, -0.05) is 13.8 Å². The summed E-state index contributed by atoms with van der Waals surface area (Å²) in [6.45, 7) is 5.58. The van der Waals surface area contributed by atoms with Crippen molar-refractivity contribution in [2.45, 2.75) is 52.9 Å². The van der Waals surface area contributed by atoms with E-state index in [-0.39, 0.29) is 53.7 Å². The van der Waals surface area contributed by atoms with Crippen LogP contribution in [0.5, 0.6) is 0 Å². The Morgan fingerprint density at radius 3 is 2.66 bits per heavy atom. The molecule has 10 nitrogen and oxygen atoms in total. The topological polar surface area (TPSA) is 155 Å². The number of azo groups is 1. The molecule has 35 heavy (non-hydrogen) atoms. The first-order chi connectivity index (χ1) is 16.6. The third-order valence-corrected chi connectivity index (χ3v) is 5.85. The van der Waals surface area contributed by atoms with E-state index in [9.17, 15) is 30.1 Å². The number of methoxy groups -OCH3 is 1. The van der Waals surface area contributed by atoms with Crippen molar-refractivity contribution in [1.82, 2.24) is 0 Å². The second kappa shape index (κ2) is 12.7. The van der Waals surface area contributed by atoms with Crippen LogP contribution in [0.1, 0.15) is 63.2 Å². The van der Waals surface area contributed by atoms with Gasteiger partial charge in [-0.3, -0.25) is 14.9 Å². The monoisotopic (exact) mass is 482 g/mol. The zero-order valence-electron chi connectivity index (χ0n) is 20.4. The van der Waals surface area contributed by atoms with E-state index >= 15 is 0 Å². The smallest absolute Gasteiger partial charge is 0.338 e. The highest BCUT2D eigenvalue weighted by atomic mass is 16.6. The normalized spacial score (nSPS) is 21.4. The molecule has 0 saturated carbocycles. The summed E-state index contributed by atoms with van der Waals surface area (Å²) in [6.07, 6.45) is 2.55. The van der Waals surface area contributed by atoms with E-state index in [1.54, 1.807) is 6.92 Å². The maximum Gasteiger partial charge on any atom is 0.338 e. The van der Waals surface area contributed by atoms with Crippen molar-refractivity contribution in [3.8, 4) is 6.07 Å². The number of hydrogen-bond donors (Lipinski definition) is 1. The number of nitrogens with zero attached hydrogens (tertiary/aromatic N) is 4. The Kier molecular flexibility index (Phi) is 9.97. The standard InChI is InChI=1S/C25H30N4O6/c1-15(2)11-17-5-6-18(9-10-30)24(16(3)20(14-26)23(31)12-17)28-27-21-8-7-19(25(32)35-4)13-22(21)29(33)34/h7-8,13,15,17,30H,5-6,9-12H2,1-4H3/b20-16-,24-18-,28-27?. The van der Waals surface area contributed by atoms with Gasteiger partial charge in [-0.15, -0.1) is 5.11 Å². The fourth-order valence-electron chi connectivity index (χ4n) is 4.20. The average Bonchev–Trinajstić information content (AvgIpc) is 2.85. The Bertz CT molecular complexity index is 1130. The maximum absolute atomic E-state index is 13.0. The molecule has 0 bridgehead atoms. The molecule has 1 aliphatic carbocycles. The predicted octanol–water partition coefficient (Wildman–Crippen LogP) is 5.36. The molecule has 1 unspecified atom stereocenters. The van der Waals surface area contributed by atoms with Crippen molar-refractivity contribution in [1.29, 1.82) is 5.26 Å². The molecule has 0 spiro atoms. The quantitative estimate of drug-likeness (QED) is 0.226. The third kappa shape index (κ3) is 7.13. The highest BCUT2D eigenvalue weighted by Gasteiger charge is 2.26. The number of ether oxygens (including phenoxy) is 1. The summed E-state index contributed by atoms with van der Waals surface area (Å²) in [5.74, 6) is -0.549. The molecule has 0 aromatic heterocycles. The molecule has 186 valence electrons. The van der Waals surface area contributed by atoms with Crippen molar-refractivity contribution >= 4 is 23.1 Å². The van der Waals surface area contributed by atoms with Crippen molar-refractivity contribution in [3.63, 3.8) is 0 Å². The van der Waals surface area contributed by atoms with E-state index in [2.05, 4.69) is 28.8 Å². The number of ketones is 1. The van der Waals surface area contributed by atoms with Gasteiger partial charge in [0.25, 0.3) is 5.69 Å². The van der Waals surface area contributed by atoms with Gasteiger partial charge in [-0.05, 0) is 67.7 Å². The fourth-order valence-corrected chi connectivity index (χ4v) is 4.20. The van der Waals surface area contributed by atoms with Gasteiger partial charge in [0.15, 0.2) is 11.5 Å². The lowest BCUT2D eigenvalue weighted by Crippen LogP contribution is -2.13. The van der Waals surface area contributed by atoms with Crippen molar-refractivity contribution in [3.05, 3.63) is 56.3 Å². The van der Waals surface area contributed by atoms with Crippen LogP contribution in [0, 0.1) is 33.3 Å². The van der Waals surface area contributed by atoms with E-state index in [0.717, 1.165) is 18.1 Å². The van der Waals surface area contributed by atoms with E-state index in [4.69, 9.17) is 0 Å². The van der Waals surface area contributed by atoms with Crippen molar-refractivity contribution in [2.75, 3.05) is 13.7 Å². The van der Waals surface area contributed by atoms with Crippen LogP contribution >= 0.6 is 0 Å². The number of aliphatic hydroxyl groups is 1. The molecule has 0 heterocycles. The van der Waals surface area contributed by atoms with Crippen molar-refractivity contribution < 1.29 is 24.4 Å². The largest absolute Gasteiger partial charge is 0.465 e. The van der Waals surface area contributed by atoms with Crippen molar-refractivity contribution in [2.24, 2.45) is 22.1 Å². The first kappa shape index (κ1) is 27.5. The number of nitro benzene ring substituents is 1. The summed E-state index contributed by atoms with van der Waals surface area (Å²) >= 11 is 0. The molecular formula is C25H30N4O6. The van der Waals surface area contributed by atoms with Gasteiger partial charge < -0.3 is 9.84 Å². The molecule has 1 N–H and O–H groups in total. The number of esters is 1. The predicted molar refractivity (Wildman–Crippen MR) is 128 cm³/mol. The number of benzene rings is 1. The van der Waals surface area contributed by atoms with Gasteiger partial charge >= 0.3 is 5.97 Å². The molecule has 1 aromatic rings. The molecule has 1 aliphatic rings. The molecule has 0 aliphatic heterocycles. The molecule has 0 saturated heterocycles. The molecule has 0 radical (unpaired) electrons. The maximum atomic E-state index is 13.0. The number of nitriles is 1. The second-order valence-corrected chi connectivity index (χ2v) is 8.85. The Balaban J connectivity index is 2.64. The molecule has 2 rings (SSSR count). The van der Waals surface area contributed by atoms with Crippen LogP contribution in [0.4, 0.5) is 11.4 Å². The minimum absolute atomic E-state index is 0.00888. The number of carbonyl (C=O) groups excluding carboxylic acids is 2. The fraction of sp³-hybridized carbons (Fsp3) is 0.480. The first-order valence-electron chi connectivity index (χ1n) is 11.4. The van der Waals surface area contributed by atoms with Crippen LogP contribution in [0.2, 0.25) is 0 Å². The second-order valence-electron chi connectivity index (χ2n) is 8.85. The zero-order chi connectivity index (χ0) is 26.1.